The van der Waals surface area contributed by atoms with Gasteiger partial charge in [-0.1, -0.05) is 0 Å². The first kappa shape index (κ1) is 16.2. The Morgan fingerprint density at radius 1 is 1.09 bits per heavy atom. The fourth-order valence-corrected chi connectivity index (χ4v) is 3.46. The van der Waals surface area contributed by atoms with Crippen LogP contribution in [0.25, 0.3) is 0 Å². The van der Waals surface area contributed by atoms with E-state index in [1.54, 1.807) is 0 Å². The van der Waals surface area contributed by atoms with E-state index in [-0.39, 0.29) is 5.91 Å². The molecule has 2 saturated heterocycles. The first-order chi connectivity index (χ1) is 11.1. The van der Waals surface area contributed by atoms with Crippen molar-refractivity contribution in [3.63, 3.8) is 0 Å². The highest BCUT2D eigenvalue weighted by molar-refractivity contribution is 5.92. The molecule has 2 aliphatic rings. The minimum atomic E-state index is -0.0164. The van der Waals surface area contributed by atoms with Crippen molar-refractivity contribution in [2.75, 3.05) is 45.2 Å². The van der Waals surface area contributed by atoms with E-state index in [1.165, 1.54) is 19.3 Å². The molecule has 0 unspecified atom stereocenters. The van der Waals surface area contributed by atoms with Gasteiger partial charge in [-0.15, -0.1) is 10.2 Å². The summed E-state index contributed by atoms with van der Waals surface area (Å²) in [5.74, 6) is 0.875. The van der Waals surface area contributed by atoms with E-state index in [0.29, 0.717) is 11.7 Å². The van der Waals surface area contributed by atoms with E-state index in [0.717, 1.165) is 44.8 Å². The Kier molecular flexibility index (Phi) is 5.10. The number of rotatable bonds is 3. The van der Waals surface area contributed by atoms with Crippen molar-refractivity contribution in [1.29, 1.82) is 0 Å². The van der Waals surface area contributed by atoms with Crippen LogP contribution in [0.1, 0.15) is 42.6 Å². The maximum atomic E-state index is 12.6. The Hall–Kier alpha value is -1.69. The van der Waals surface area contributed by atoms with E-state index < -0.39 is 0 Å². The quantitative estimate of drug-likeness (QED) is 0.848. The maximum absolute atomic E-state index is 12.6. The number of piperidine rings is 2. The van der Waals surface area contributed by atoms with Crippen molar-refractivity contribution in [2.45, 2.75) is 38.1 Å². The number of carbonyl (C=O) groups excluding carboxylic acids is 1. The molecule has 6 heteroatoms. The molecule has 1 aromatic rings. The van der Waals surface area contributed by atoms with Crippen molar-refractivity contribution in [1.82, 2.24) is 20.0 Å². The molecule has 126 valence electrons. The van der Waals surface area contributed by atoms with Gasteiger partial charge >= 0.3 is 0 Å². The van der Waals surface area contributed by atoms with Crippen LogP contribution in [0.3, 0.4) is 0 Å². The van der Waals surface area contributed by atoms with Gasteiger partial charge in [-0.05, 0) is 64.4 Å². The summed E-state index contributed by atoms with van der Waals surface area (Å²) in [5.41, 5.74) is 0.451. The summed E-state index contributed by atoms with van der Waals surface area (Å²) in [6, 6.07) is 4.07. The molecule has 2 fully saturated rings. The van der Waals surface area contributed by atoms with Crippen LogP contribution >= 0.6 is 0 Å². The fourth-order valence-electron chi connectivity index (χ4n) is 3.46. The molecular weight excluding hydrogens is 290 g/mol. The number of likely N-dealkylation sites (tertiary alicyclic amines) is 1. The zero-order chi connectivity index (χ0) is 16.2. The average molecular weight is 317 g/mol. The lowest BCUT2D eigenvalue weighted by Gasteiger charge is -2.34. The Morgan fingerprint density at radius 3 is 2.39 bits per heavy atom. The third-order valence-electron chi connectivity index (χ3n) is 5.11. The van der Waals surface area contributed by atoms with E-state index >= 15 is 0 Å². The summed E-state index contributed by atoms with van der Waals surface area (Å²) in [4.78, 5) is 19.0. The van der Waals surface area contributed by atoms with Gasteiger partial charge in [-0.2, -0.15) is 0 Å². The van der Waals surface area contributed by atoms with E-state index in [9.17, 15) is 4.79 Å². The average Bonchev–Trinajstić information content (AvgIpc) is 2.62. The first-order valence-corrected chi connectivity index (χ1v) is 8.69. The fraction of sp³-hybridized carbons (Fsp3) is 0.706. The van der Waals surface area contributed by atoms with Gasteiger partial charge in [-0.25, -0.2) is 0 Å². The lowest BCUT2D eigenvalue weighted by Crippen LogP contribution is -2.44. The van der Waals surface area contributed by atoms with Crippen molar-refractivity contribution < 1.29 is 4.79 Å². The number of hydrogen-bond donors (Lipinski definition) is 0. The number of nitrogens with zero attached hydrogens (tertiary/aromatic N) is 5. The summed E-state index contributed by atoms with van der Waals surface area (Å²) >= 11 is 0. The highest BCUT2D eigenvalue weighted by atomic mass is 16.2. The lowest BCUT2D eigenvalue weighted by atomic mass is 10.0. The van der Waals surface area contributed by atoms with Crippen LogP contribution in [-0.2, 0) is 0 Å². The first-order valence-electron chi connectivity index (χ1n) is 8.69. The van der Waals surface area contributed by atoms with Gasteiger partial charge in [0.15, 0.2) is 11.5 Å². The highest BCUT2D eigenvalue weighted by Gasteiger charge is 2.25. The number of carbonyl (C=O) groups is 1. The van der Waals surface area contributed by atoms with Gasteiger partial charge < -0.3 is 14.7 Å². The number of aromatic nitrogens is 2. The zero-order valence-corrected chi connectivity index (χ0v) is 14.2. The van der Waals surface area contributed by atoms with Crippen molar-refractivity contribution >= 4 is 11.7 Å². The Bertz CT molecular complexity index is 518. The van der Waals surface area contributed by atoms with Crippen molar-refractivity contribution in [3.8, 4) is 0 Å². The number of amides is 1. The zero-order valence-electron chi connectivity index (χ0n) is 14.2. The Labute approximate surface area is 138 Å². The van der Waals surface area contributed by atoms with Crippen LogP contribution in [-0.4, -0.2) is 72.2 Å². The predicted molar refractivity (Wildman–Crippen MR) is 90.7 cm³/mol. The summed E-state index contributed by atoms with van der Waals surface area (Å²) in [5, 5.41) is 8.47. The molecule has 0 bridgehead atoms. The van der Waals surface area contributed by atoms with E-state index in [2.05, 4.69) is 27.0 Å². The van der Waals surface area contributed by atoms with Gasteiger partial charge in [0.25, 0.3) is 5.91 Å². The molecule has 6 nitrogen and oxygen atoms in total. The Morgan fingerprint density at radius 2 is 1.78 bits per heavy atom. The second-order valence-electron chi connectivity index (χ2n) is 6.77. The molecule has 3 heterocycles. The summed E-state index contributed by atoms with van der Waals surface area (Å²) < 4.78 is 0. The van der Waals surface area contributed by atoms with Crippen LogP contribution in [0, 0.1) is 0 Å². The van der Waals surface area contributed by atoms with Gasteiger partial charge in [0, 0.05) is 26.2 Å². The van der Waals surface area contributed by atoms with Crippen LogP contribution in [0.4, 0.5) is 5.82 Å². The summed E-state index contributed by atoms with van der Waals surface area (Å²) in [6.07, 6.45) is 5.76. The van der Waals surface area contributed by atoms with Gasteiger partial charge in [0.05, 0.1) is 0 Å². The molecule has 0 N–H and O–H groups in total. The molecule has 0 radical (unpaired) electrons. The van der Waals surface area contributed by atoms with E-state index in [4.69, 9.17) is 0 Å². The second kappa shape index (κ2) is 7.25. The normalized spacial score (nSPS) is 20.5. The molecule has 1 amide bonds. The van der Waals surface area contributed by atoms with Gasteiger partial charge in [0.1, 0.15) is 0 Å². The maximum Gasteiger partial charge on any atom is 0.274 e. The van der Waals surface area contributed by atoms with Crippen LogP contribution in [0.5, 0.6) is 0 Å². The van der Waals surface area contributed by atoms with Crippen LogP contribution < -0.4 is 4.90 Å². The third kappa shape index (κ3) is 3.80. The lowest BCUT2D eigenvalue weighted by molar-refractivity contribution is 0.0652. The van der Waals surface area contributed by atoms with E-state index in [1.807, 2.05) is 24.1 Å². The predicted octanol–water partition coefficient (Wildman–Crippen LogP) is 1.63. The summed E-state index contributed by atoms with van der Waals surface area (Å²) in [7, 11) is 4.02. The van der Waals surface area contributed by atoms with Crippen LogP contribution in [0.15, 0.2) is 12.1 Å². The number of anilines is 1. The molecule has 23 heavy (non-hydrogen) atoms. The summed E-state index contributed by atoms with van der Waals surface area (Å²) in [6.45, 7) is 4.17. The molecule has 2 aliphatic heterocycles. The molecular formula is C17H27N5O. The minimum Gasteiger partial charge on any atom is -0.355 e. The molecule has 0 spiro atoms. The largest absolute Gasteiger partial charge is 0.355 e. The molecule has 0 aliphatic carbocycles. The van der Waals surface area contributed by atoms with Gasteiger partial charge in [-0.3, -0.25) is 4.79 Å². The monoisotopic (exact) mass is 317 g/mol. The molecule has 1 aromatic heterocycles. The van der Waals surface area contributed by atoms with Crippen LogP contribution in [0.2, 0.25) is 0 Å². The third-order valence-corrected chi connectivity index (χ3v) is 5.11. The highest BCUT2D eigenvalue weighted by Crippen LogP contribution is 2.19. The smallest absolute Gasteiger partial charge is 0.274 e. The second-order valence-corrected chi connectivity index (χ2v) is 6.77. The van der Waals surface area contributed by atoms with Crippen molar-refractivity contribution in [3.05, 3.63) is 17.8 Å². The molecule has 0 aromatic carbocycles. The molecule has 0 saturated carbocycles. The Balaban J connectivity index is 1.62. The SMILES string of the molecule is CN1CCC(N(C)C(=O)c2ccc(N3CCCCC3)nn2)CC1. The van der Waals surface area contributed by atoms with Crippen molar-refractivity contribution in [2.24, 2.45) is 0 Å². The number of hydrogen-bond acceptors (Lipinski definition) is 5. The van der Waals surface area contributed by atoms with Gasteiger partial charge in [0.2, 0.25) is 0 Å². The topological polar surface area (TPSA) is 52.6 Å². The molecule has 3 rings (SSSR count). The molecule has 0 atom stereocenters. The minimum absolute atomic E-state index is 0.0164. The standard InChI is InChI=1S/C17H27N5O/c1-20-12-8-14(9-13-20)21(2)17(23)15-6-7-16(19-18-15)22-10-4-3-5-11-22/h6-7,14H,3-5,8-13H2,1-2H3.